The number of piperidine rings is 1. The van der Waals surface area contributed by atoms with E-state index in [0.29, 0.717) is 5.56 Å². The molecule has 118 valence electrons. The van der Waals surface area contributed by atoms with Crippen LogP contribution in [0.5, 0.6) is 0 Å². The fourth-order valence-corrected chi connectivity index (χ4v) is 2.87. The lowest BCUT2D eigenvalue weighted by molar-refractivity contribution is 0.0691. The number of aromatic carboxylic acids is 1. The summed E-state index contributed by atoms with van der Waals surface area (Å²) in [7, 11) is 0. The molecule has 0 saturated carbocycles. The molecular weight excluding hydrogens is 292 g/mol. The van der Waals surface area contributed by atoms with Crippen molar-refractivity contribution in [2.45, 2.75) is 19.8 Å². The van der Waals surface area contributed by atoms with Gasteiger partial charge in [0, 0.05) is 25.0 Å². The Labute approximate surface area is 134 Å². The summed E-state index contributed by atoms with van der Waals surface area (Å²) in [5.74, 6) is -0.334. The van der Waals surface area contributed by atoms with Crippen molar-refractivity contribution in [3.63, 3.8) is 0 Å². The number of carboxylic acid groups (broad SMARTS) is 1. The average Bonchev–Trinajstić information content (AvgIpc) is 3.05. The number of nitriles is 1. The Bertz CT molecular complexity index is 767. The van der Waals surface area contributed by atoms with Crippen molar-refractivity contribution in [3.8, 4) is 11.8 Å². The van der Waals surface area contributed by atoms with Crippen molar-refractivity contribution in [2.24, 2.45) is 5.92 Å². The topological polar surface area (TPSA) is 82.2 Å². The van der Waals surface area contributed by atoms with Crippen LogP contribution in [-0.2, 0) is 0 Å². The molecule has 2 aromatic rings. The normalized spacial score (nSPS) is 15.4. The first kappa shape index (κ1) is 15.1. The van der Waals surface area contributed by atoms with Crippen LogP contribution in [-0.4, -0.2) is 33.7 Å². The van der Waals surface area contributed by atoms with Gasteiger partial charge in [-0.15, -0.1) is 0 Å². The van der Waals surface area contributed by atoms with Crippen LogP contribution in [0.4, 0.5) is 5.69 Å². The van der Waals surface area contributed by atoms with Crippen molar-refractivity contribution >= 4 is 11.7 Å². The summed E-state index contributed by atoms with van der Waals surface area (Å²) in [4.78, 5) is 17.0. The standard InChI is InChI=1S/C17H18N4O2/c1-12-4-6-20(7-5-12)16-3-2-14(8-13(16)9-18)21-10-15(17(22)23)19-11-21/h2-3,8,10-12H,4-7H2,1H3,(H,22,23). The zero-order valence-corrected chi connectivity index (χ0v) is 12.9. The number of benzene rings is 1. The molecule has 0 amide bonds. The van der Waals surface area contributed by atoms with Gasteiger partial charge in [0.15, 0.2) is 5.69 Å². The van der Waals surface area contributed by atoms with E-state index in [1.54, 1.807) is 10.6 Å². The van der Waals surface area contributed by atoms with Gasteiger partial charge in [0.25, 0.3) is 0 Å². The van der Waals surface area contributed by atoms with Gasteiger partial charge < -0.3 is 14.6 Å². The van der Waals surface area contributed by atoms with E-state index in [4.69, 9.17) is 5.11 Å². The maximum atomic E-state index is 10.9. The Balaban J connectivity index is 1.90. The van der Waals surface area contributed by atoms with Crippen molar-refractivity contribution in [1.29, 1.82) is 5.26 Å². The van der Waals surface area contributed by atoms with Crippen LogP contribution in [0.2, 0.25) is 0 Å². The van der Waals surface area contributed by atoms with E-state index >= 15 is 0 Å². The van der Waals surface area contributed by atoms with E-state index in [1.807, 2.05) is 12.1 Å². The quantitative estimate of drug-likeness (QED) is 0.942. The van der Waals surface area contributed by atoms with E-state index in [1.165, 1.54) is 12.5 Å². The molecular formula is C17H18N4O2. The first-order chi connectivity index (χ1) is 11.1. The third-order valence-electron chi connectivity index (χ3n) is 4.32. The summed E-state index contributed by atoms with van der Waals surface area (Å²) in [6.07, 6.45) is 5.16. The largest absolute Gasteiger partial charge is 0.476 e. The van der Waals surface area contributed by atoms with Crippen LogP contribution >= 0.6 is 0 Å². The third kappa shape index (κ3) is 3.04. The van der Waals surface area contributed by atoms with Crippen molar-refractivity contribution in [2.75, 3.05) is 18.0 Å². The Hall–Kier alpha value is -2.81. The fourth-order valence-electron chi connectivity index (χ4n) is 2.87. The van der Waals surface area contributed by atoms with Gasteiger partial charge in [-0.1, -0.05) is 6.92 Å². The highest BCUT2D eigenvalue weighted by atomic mass is 16.4. The van der Waals surface area contributed by atoms with Gasteiger partial charge in [0.1, 0.15) is 12.4 Å². The van der Waals surface area contributed by atoms with E-state index in [2.05, 4.69) is 22.9 Å². The molecule has 0 bridgehead atoms. The van der Waals surface area contributed by atoms with E-state index < -0.39 is 5.97 Å². The Morgan fingerprint density at radius 2 is 2.13 bits per heavy atom. The molecule has 1 aliphatic heterocycles. The highest BCUT2D eigenvalue weighted by molar-refractivity contribution is 5.85. The molecule has 3 rings (SSSR count). The molecule has 0 radical (unpaired) electrons. The minimum Gasteiger partial charge on any atom is -0.476 e. The second-order valence-electron chi connectivity index (χ2n) is 5.95. The molecule has 6 heteroatoms. The number of carbonyl (C=O) groups is 1. The van der Waals surface area contributed by atoms with E-state index in [9.17, 15) is 10.1 Å². The predicted molar refractivity (Wildman–Crippen MR) is 85.8 cm³/mol. The number of imidazole rings is 1. The smallest absolute Gasteiger partial charge is 0.356 e. The summed E-state index contributed by atoms with van der Waals surface area (Å²) < 4.78 is 1.62. The molecule has 6 nitrogen and oxygen atoms in total. The van der Waals surface area contributed by atoms with Gasteiger partial charge in [-0.05, 0) is 37.0 Å². The number of aromatic nitrogens is 2. The number of nitrogens with zero attached hydrogens (tertiary/aromatic N) is 4. The lowest BCUT2D eigenvalue weighted by atomic mass is 9.98. The zero-order valence-electron chi connectivity index (χ0n) is 12.9. The summed E-state index contributed by atoms with van der Waals surface area (Å²) in [5.41, 5.74) is 2.26. The minimum absolute atomic E-state index is 0.0161. The van der Waals surface area contributed by atoms with Gasteiger partial charge in [0.2, 0.25) is 0 Å². The van der Waals surface area contributed by atoms with E-state index in [-0.39, 0.29) is 5.69 Å². The van der Waals surface area contributed by atoms with Gasteiger partial charge in [-0.2, -0.15) is 5.26 Å². The Morgan fingerprint density at radius 3 is 2.74 bits per heavy atom. The number of carboxylic acids is 1. The lowest BCUT2D eigenvalue weighted by Crippen LogP contribution is -2.33. The summed E-state index contributed by atoms with van der Waals surface area (Å²) in [5, 5.41) is 18.4. The maximum absolute atomic E-state index is 10.9. The van der Waals surface area contributed by atoms with Gasteiger partial charge in [0.05, 0.1) is 11.3 Å². The van der Waals surface area contributed by atoms with Crippen molar-refractivity contribution in [3.05, 3.63) is 42.0 Å². The monoisotopic (exact) mass is 310 g/mol. The minimum atomic E-state index is -1.07. The number of hydrogen-bond acceptors (Lipinski definition) is 4. The summed E-state index contributed by atoms with van der Waals surface area (Å²) in [6.45, 7) is 4.18. The molecule has 1 N–H and O–H groups in total. The van der Waals surface area contributed by atoms with Gasteiger partial charge in [-0.3, -0.25) is 0 Å². The zero-order chi connectivity index (χ0) is 16.4. The second kappa shape index (κ2) is 6.13. The van der Waals surface area contributed by atoms with Gasteiger partial charge >= 0.3 is 5.97 Å². The van der Waals surface area contributed by atoms with Gasteiger partial charge in [-0.25, -0.2) is 9.78 Å². The molecule has 1 aliphatic rings. The molecule has 23 heavy (non-hydrogen) atoms. The van der Waals surface area contributed by atoms with Crippen LogP contribution in [0.3, 0.4) is 0 Å². The van der Waals surface area contributed by atoms with Crippen molar-refractivity contribution in [1.82, 2.24) is 9.55 Å². The highest BCUT2D eigenvalue weighted by Gasteiger charge is 2.19. The predicted octanol–water partition coefficient (Wildman–Crippen LogP) is 2.68. The molecule has 0 spiro atoms. The number of hydrogen-bond donors (Lipinski definition) is 1. The lowest BCUT2D eigenvalue weighted by Gasteiger charge is -2.32. The van der Waals surface area contributed by atoms with Crippen LogP contribution in [0, 0.1) is 17.2 Å². The Kier molecular flexibility index (Phi) is 4.02. The maximum Gasteiger partial charge on any atom is 0.356 e. The SMILES string of the molecule is CC1CCN(c2ccc(-n3cnc(C(=O)O)c3)cc2C#N)CC1. The molecule has 0 unspecified atom stereocenters. The summed E-state index contributed by atoms with van der Waals surface area (Å²) >= 11 is 0. The molecule has 1 fully saturated rings. The number of anilines is 1. The first-order valence-electron chi connectivity index (χ1n) is 7.65. The molecule has 2 heterocycles. The molecule has 1 aromatic carbocycles. The summed E-state index contributed by atoms with van der Waals surface area (Å²) in [6, 6.07) is 7.86. The average molecular weight is 310 g/mol. The van der Waals surface area contributed by atoms with Crippen LogP contribution in [0.25, 0.3) is 5.69 Å². The third-order valence-corrected chi connectivity index (χ3v) is 4.32. The molecule has 1 saturated heterocycles. The number of rotatable bonds is 3. The van der Waals surface area contributed by atoms with Crippen LogP contribution < -0.4 is 4.90 Å². The first-order valence-corrected chi connectivity index (χ1v) is 7.65. The Morgan fingerprint density at radius 1 is 1.39 bits per heavy atom. The fraction of sp³-hybridized carbons (Fsp3) is 0.353. The highest BCUT2D eigenvalue weighted by Crippen LogP contribution is 2.27. The second-order valence-corrected chi connectivity index (χ2v) is 5.95. The van der Waals surface area contributed by atoms with Crippen LogP contribution in [0.1, 0.15) is 35.8 Å². The van der Waals surface area contributed by atoms with Crippen LogP contribution in [0.15, 0.2) is 30.7 Å². The molecule has 0 aliphatic carbocycles. The molecule has 0 atom stereocenters. The van der Waals surface area contributed by atoms with Crippen molar-refractivity contribution < 1.29 is 9.90 Å². The van der Waals surface area contributed by atoms with E-state index in [0.717, 1.165) is 43.2 Å². The molecule has 1 aromatic heterocycles.